The molecule has 0 atom stereocenters. The second-order valence-electron chi connectivity index (χ2n) is 3.35. The molecule has 1 aromatic heterocycles. The second kappa shape index (κ2) is 5.95. The number of anilines is 1. The zero-order valence-electron chi connectivity index (χ0n) is 9.52. The Bertz CT molecular complexity index is 372. The molecule has 1 aliphatic heterocycles. The van der Waals surface area contributed by atoms with Crippen LogP contribution in [0, 0.1) is 0 Å². The van der Waals surface area contributed by atoms with Gasteiger partial charge >= 0.3 is 6.01 Å². The predicted octanol–water partition coefficient (Wildman–Crippen LogP) is 0.583. The van der Waals surface area contributed by atoms with Crippen molar-refractivity contribution in [3.05, 3.63) is 5.28 Å². The molecule has 0 aromatic carbocycles. The van der Waals surface area contributed by atoms with Crippen LogP contribution in [0.25, 0.3) is 0 Å². The van der Waals surface area contributed by atoms with Gasteiger partial charge in [-0.3, -0.25) is 5.43 Å². The summed E-state index contributed by atoms with van der Waals surface area (Å²) in [4.78, 5) is 11.9. The van der Waals surface area contributed by atoms with Crippen LogP contribution in [-0.4, -0.2) is 52.9 Å². The minimum absolute atomic E-state index is 0.110. The average molecular weight is 260 g/mol. The highest BCUT2D eigenvalue weighted by Crippen LogP contribution is 2.12. The molecule has 0 radical (unpaired) electrons. The lowest BCUT2D eigenvalue weighted by Crippen LogP contribution is -2.40. The molecular formula is C9H14ClN5O2. The summed E-state index contributed by atoms with van der Waals surface area (Å²) in [6, 6.07) is 0.225. The lowest BCUT2D eigenvalue weighted by molar-refractivity contribution is 0.0492. The van der Waals surface area contributed by atoms with E-state index in [-0.39, 0.29) is 11.3 Å². The lowest BCUT2D eigenvalue weighted by Gasteiger charge is -2.26. The number of ether oxygens (including phenoxy) is 2. The fourth-order valence-electron chi connectivity index (χ4n) is 1.39. The van der Waals surface area contributed by atoms with Crippen molar-refractivity contribution in [2.45, 2.75) is 6.92 Å². The van der Waals surface area contributed by atoms with E-state index in [4.69, 9.17) is 21.1 Å². The Hall–Kier alpha value is -1.18. The van der Waals surface area contributed by atoms with Crippen LogP contribution in [0.4, 0.5) is 5.95 Å². The van der Waals surface area contributed by atoms with Gasteiger partial charge in [0.05, 0.1) is 19.8 Å². The third-order valence-electron chi connectivity index (χ3n) is 2.13. The van der Waals surface area contributed by atoms with Gasteiger partial charge in [0.1, 0.15) is 0 Å². The number of aromatic nitrogens is 3. The van der Waals surface area contributed by atoms with Crippen LogP contribution >= 0.6 is 11.6 Å². The SMILES string of the molecule is CCOc1nc(Cl)nc(NN2CCOCC2)n1. The predicted molar refractivity (Wildman–Crippen MR) is 62.0 cm³/mol. The zero-order chi connectivity index (χ0) is 12.1. The summed E-state index contributed by atoms with van der Waals surface area (Å²) in [7, 11) is 0. The van der Waals surface area contributed by atoms with Crippen LogP contribution in [0.3, 0.4) is 0 Å². The number of halogens is 1. The number of hydrazine groups is 1. The Morgan fingerprint density at radius 2 is 2.12 bits per heavy atom. The van der Waals surface area contributed by atoms with E-state index in [1.165, 1.54) is 0 Å². The van der Waals surface area contributed by atoms with E-state index in [0.29, 0.717) is 25.8 Å². The van der Waals surface area contributed by atoms with Gasteiger partial charge in [-0.2, -0.15) is 15.0 Å². The van der Waals surface area contributed by atoms with Gasteiger partial charge in [0.25, 0.3) is 0 Å². The Balaban J connectivity index is 2.03. The summed E-state index contributed by atoms with van der Waals surface area (Å²) in [6.45, 7) is 5.25. The van der Waals surface area contributed by atoms with Crippen LogP contribution in [0.5, 0.6) is 6.01 Å². The van der Waals surface area contributed by atoms with Gasteiger partial charge in [0.2, 0.25) is 11.2 Å². The van der Waals surface area contributed by atoms with Crippen LogP contribution in [0.2, 0.25) is 5.28 Å². The largest absolute Gasteiger partial charge is 0.464 e. The third-order valence-corrected chi connectivity index (χ3v) is 2.30. The number of rotatable bonds is 4. The van der Waals surface area contributed by atoms with E-state index in [0.717, 1.165) is 13.1 Å². The van der Waals surface area contributed by atoms with E-state index in [9.17, 15) is 0 Å². The van der Waals surface area contributed by atoms with E-state index in [1.807, 2.05) is 11.9 Å². The molecule has 0 unspecified atom stereocenters. The van der Waals surface area contributed by atoms with E-state index < -0.39 is 0 Å². The van der Waals surface area contributed by atoms with Gasteiger partial charge in [0.15, 0.2) is 0 Å². The zero-order valence-corrected chi connectivity index (χ0v) is 10.3. The number of hydrogen-bond acceptors (Lipinski definition) is 7. The van der Waals surface area contributed by atoms with Gasteiger partial charge < -0.3 is 9.47 Å². The monoisotopic (exact) mass is 259 g/mol. The fourth-order valence-corrected chi connectivity index (χ4v) is 1.54. The molecule has 7 nitrogen and oxygen atoms in total. The smallest absolute Gasteiger partial charge is 0.322 e. The van der Waals surface area contributed by atoms with Gasteiger partial charge in [-0.25, -0.2) is 5.01 Å². The van der Waals surface area contributed by atoms with Crippen molar-refractivity contribution in [2.75, 3.05) is 38.3 Å². The maximum atomic E-state index is 5.78. The van der Waals surface area contributed by atoms with Crippen molar-refractivity contribution >= 4 is 17.5 Å². The van der Waals surface area contributed by atoms with Crippen molar-refractivity contribution < 1.29 is 9.47 Å². The number of nitrogens with zero attached hydrogens (tertiary/aromatic N) is 4. The summed E-state index contributed by atoms with van der Waals surface area (Å²) >= 11 is 5.78. The molecule has 1 saturated heterocycles. The normalized spacial score (nSPS) is 16.8. The van der Waals surface area contributed by atoms with E-state index in [2.05, 4.69) is 20.4 Å². The molecule has 2 heterocycles. The van der Waals surface area contributed by atoms with Crippen LogP contribution in [-0.2, 0) is 4.74 Å². The van der Waals surface area contributed by atoms with Crippen molar-refractivity contribution in [1.29, 1.82) is 0 Å². The maximum Gasteiger partial charge on any atom is 0.322 e. The molecule has 0 amide bonds. The number of nitrogens with one attached hydrogen (secondary N) is 1. The molecule has 17 heavy (non-hydrogen) atoms. The van der Waals surface area contributed by atoms with E-state index >= 15 is 0 Å². The number of morpholine rings is 1. The van der Waals surface area contributed by atoms with Crippen molar-refractivity contribution in [1.82, 2.24) is 20.0 Å². The molecule has 1 aromatic rings. The molecule has 0 spiro atoms. The lowest BCUT2D eigenvalue weighted by atomic mass is 10.5. The summed E-state index contributed by atoms with van der Waals surface area (Å²) in [6.07, 6.45) is 0. The first-order valence-corrected chi connectivity index (χ1v) is 5.79. The number of hydrogen-bond donors (Lipinski definition) is 1. The standard InChI is InChI=1S/C9H14ClN5O2/c1-2-17-9-12-7(10)11-8(13-9)14-15-3-5-16-6-4-15/h2-6H2,1H3,(H,11,12,13,14). The molecule has 0 saturated carbocycles. The van der Waals surface area contributed by atoms with Gasteiger partial charge in [-0.1, -0.05) is 0 Å². The molecular weight excluding hydrogens is 246 g/mol. The van der Waals surface area contributed by atoms with Crippen LogP contribution in [0.15, 0.2) is 0 Å². The molecule has 1 N–H and O–H groups in total. The highest BCUT2D eigenvalue weighted by atomic mass is 35.5. The Labute approximate surface area is 104 Å². The summed E-state index contributed by atoms with van der Waals surface area (Å²) in [5, 5.41) is 2.07. The molecule has 2 rings (SSSR count). The van der Waals surface area contributed by atoms with Gasteiger partial charge in [0, 0.05) is 13.1 Å². The first-order chi connectivity index (χ1) is 8.28. The molecule has 0 aliphatic carbocycles. The molecule has 0 bridgehead atoms. The Morgan fingerprint density at radius 1 is 1.35 bits per heavy atom. The van der Waals surface area contributed by atoms with Crippen molar-refractivity contribution in [3.8, 4) is 6.01 Å². The van der Waals surface area contributed by atoms with Gasteiger partial charge in [-0.15, -0.1) is 0 Å². The minimum Gasteiger partial charge on any atom is -0.464 e. The van der Waals surface area contributed by atoms with Crippen molar-refractivity contribution in [2.24, 2.45) is 0 Å². The summed E-state index contributed by atoms with van der Waals surface area (Å²) in [5.74, 6) is 0.385. The maximum absolute atomic E-state index is 5.78. The molecule has 1 fully saturated rings. The first kappa shape index (κ1) is 12.3. The quantitative estimate of drug-likeness (QED) is 0.848. The highest BCUT2D eigenvalue weighted by Gasteiger charge is 2.13. The molecule has 1 aliphatic rings. The van der Waals surface area contributed by atoms with E-state index in [1.54, 1.807) is 0 Å². The topological polar surface area (TPSA) is 72.4 Å². The highest BCUT2D eigenvalue weighted by molar-refractivity contribution is 6.28. The summed E-state index contributed by atoms with van der Waals surface area (Å²) in [5.41, 5.74) is 3.05. The van der Waals surface area contributed by atoms with Crippen LogP contribution < -0.4 is 10.2 Å². The summed E-state index contributed by atoms with van der Waals surface area (Å²) < 4.78 is 10.4. The first-order valence-electron chi connectivity index (χ1n) is 5.41. The minimum atomic E-state index is 0.110. The molecule has 8 heteroatoms. The second-order valence-corrected chi connectivity index (χ2v) is 3.69. The Morgan fingerprint density at radius 3 is 2.82 bits per heavy atom. The average Bonchev–Trinajstić information content (AvgIpc) is 2.30. The van der Waals surface area contributed by atoms with Crippen LogP contribution in [0.1, 0.15) is 6.92 Å². The Kier molecular flexibility index (Phi) is 4.29. The third kappa shape index (κ3) is 3.65. The fraction of sp³-hybridized carbons (Fsp3) is 0.667. The van der Waals surface area contributed by atoms with Gasteiger partial charge in [-0.05, 0) is 18.5 Å². The molecule has 94 valence electrons. The van der Waals surface area contributed by atoms with Crippen molar-refractivity contribution in [3.63, 3.8) is 0 Å².